The molecule has 0 amide bonds. The molecule has 7 heteroatoms. The summed E-state index contributed by atoms with van der Waals surface area (Å²) in [5, 5.41) is 9.43. The van der Waals surface area contributed by atoms with E-state index in [0.717, 1.165) is 0 Å². The van der Waals surface area contributed by atoms with E-state index in [1.807, 2.05) is 0 Å². The van der Waals surface area contributed by atoms with Gasteiger partial charge in [0.2, 0.25) is 5.82 Å². The Bertz CT molecular complexity index is 422. The maximum atomic E-state index is 13.0. The van der Waals surface area contributed by atoms with Crippen molar-refractivity contribution in [1.29, 1.82) is 0 Å². The van der Waals surface area contributed by atoms with Gasteiger partial charge in [0, 0.05) is 0 Å². The van der Waals surface area contributed by atoms with Crippen molar-refractivity contribution in [3.63, 3.8) is 0 Å². The molecule has 0 spiro atoms. The minimum Gasteiger partial charge on any atom is -0.298 e. The molecular weight excluding hydrogens is 220 g/mol. The van der Waals surface area contributed by atoms with Crippen molar-refractivity contribution in [2.75, 3.05) is 0 Å². The Morgan fingerprint density at radius 2 is 2.07 bits per heavy atom. The average molecular weight is 222 g/mol. The maximum absolute atomic E-state index is 13.0. The van der Waals surface area contributed by atoms with Crippen LogP contribution in [0.2, 0.25) is 5.02 Å². The summed E-state index contributed by atoms with van der Waals surface area (Å²) in [7, 11) is 0. The molecule has 4 nitrogen and oxygen atoms in total. The van der Waals surface area contributed by atoms with Crippen LogP contribution in [0.15, 0.2) is 6.07 Å². The summed E-state index contributed by atoms with van der Waals surface area (Å²) >= 11 is 5.21. The van der Waals surface area contributed by atoms with Gasteiger partial charge in [-0.1, -0.05) is 11.6 Å². The van der Waals surface area contributed by atoms with Crippen LogP contribution in [0.5, 0.6) is 0 Å². The number of nitrogens with zero attached hydrogens (tertiary/aromatic N) is 1. The molecule has 0 saturated carbocycles. The molecule has 0 unspecified atom stereocenters. The number of halogens is 3. The predicted octanol–water partition coefficient (Wildman–Crippen LogP) is 2.34. The number of carbonyl (C=O) groups is 1. The lowest BCUT2D eigenvalue weighted by Crippen LogP contribution is -2.00. The summed E-state index contributed by atoms with van der Waals surface area (Å²) in [6, 6.07) is 0.324. The molecule has 1 rings (SSSR count). The summed E-state index contributed by atoms with van der Waals surface area (Å²) in [6.07, 6.45) is -0.0756. The average Bonchev–Trinajstić information content (AvgIpc) is 2.12. The summed E-state index contributed by atoms with van der Waals surface area (Å²) in [4.78, 5) is 19.3. The Balaban J connectivity index is 3.58. The predicted molar refractivity (Wildman–Crippen MR) is 43.4 cm³/mol. The van der Waals surface area contributed by atoms with Crippen molar-refractivity contribution in [3.05, 3.63) is 38.4 Å². The summed E-state index contributed by atoms with van der Waals surface area (Å²) in [6.45, 7) is 0. The summed E-state index contributed by atoms with van der Waals surface area (Å²) in [5.74, 6) is -2.64. The van der Waals surface area contributed by atoms with E-state index in [1.54, 1.807) is 0 Å². The van der Waals surface area contributed by atoms with Crippen LogP contribution >= 0.6 is 11.6 Å². The Labute approximate surface area is 81.2 Å². The van der Waals surface area contributed by atoms with Gasteiger partial charge in [-0.05, 0) is 0 Å². The second-order valence-electron chi connectivity index (χ2n) is 2.29. The number of rotatable bonds is 2. The van der Waals surface area contributed by atoms with Crippen LogP contribution in [0.4, 0.5) is 14.5 Å². The van der Waals surface area contributed by atoms with E-state index in [2.05, 4.69) is 0 Å². The van der Waals surface area contributed by atoms with Gasteiger partial charge < -0.3 is 0 Å². The molecule has 1 aromatic rings. The topological polar surface area (TPSA) is 60.2 Å². The van der Waals surface area contributed by atoms with Crippen molar-refractivity contribution < 1.29 is 18.5 Å². The standard InChI is InChI=1S/C7H2ClF2NO3/c8-6-3(2-12)7(10)5(11(13)14)1-4(6)9/h1-2H. The largest absolute Gasteiger partial charge is 0.308 e. The van der Waals surface area contributed by atoms with Gasteiger partial charge in [0.1, 0.15) is 5.82 Å². The molecule has 14 heavy (non-hydrogen) atoms. The minimum absolute atomic E-state index is 0.0756. The molecule has 0 aromatic heterocycles. The number of nitro benzene ring substituents is 1. The fourth-order valence-corrected chi connectivity index (χ4v) is 1.03. The van der Waals surface area contributed by atoms with Crippen LogP contribution < -0.4 is 0 Å². The molecule has 0 fully saturated rings. The monoisotopic (exact) mass is 221 g/mol. The second kappa shape index (κ2) is 3.67. The first kappa shape index (κ1) is 10.5. The van der Waals surface area contributed by atoms with Crippen molar-refractivity contribution in [3.8, 4) is 0 Å². The molecule has 0 radical (unpaired) electrons. The van der Waals surface area contributed by atoms with Gasteiger partial charge in [-0.25, -0.2) is 4.39 Å². The highest BCUT2D eigenvalue weighted by Gasteiger charge is 2.23. The van der Waals surface area contributed by atoms with Crippen molar-refractivity contribution in [2.24, 2.45) is 0 Å². The molecule has 0 atom stereocenters. The first-order valence-electron chi connectivity index (χ1n) is 3.26. The molecule has 0 N–H and O–H groups in total. The van der Waals surface area contributed by atoms with E-state index in [4.69, 9.17) is 11.6 Å². The van der Waals surface area contributed by atoms with E-state index in [9.17, 15) is 23.7 Å². The third-order valence-electron chi connectivity index (χ3n) is 1.49. The molecule has 0 aliphatic heterocycles. The Morgan fingerprint density at radius 1 is 1.50 bits per heavy atom. The van der Waals surface area contributed by atoms with Crippen LogP contribution in [-0.4, -0.2) is 11.2 Å². The molecule has 0 aliphatic rings. The zero-order chi connectivity index (χ0) is 10.9. The number of hydrogen-bond acceptors (Lipinski definition) is 3. The lowest BCUT2D eigenvalue weighted by atomic mass is 10.2. The summed E-state index contributed by atoms with van der Waals surface area (Å²) in [5.41, 5.74) is -1.97. The van der Waals surface area contributed by atoms with Crippen molar-refractivity contribution in [2.45, 2.75) is 0 Å². The Hall–Kier alpha value is -1.56. The normalized spacial score (nSPS) is 9.93. The zero-order valence-corrected chi connectivity index (χ0v) is 7.22. The SMILES string of the molecule is O=Cc1c(F)c([N+](=O)[O-])cc(F)c1Cl. The van der Waals surface area contributed by atoms with Crippen LogP contribution in [-0.2, 0) is 0 Å². The molecular formula is C7H2ClF2NO3. The fraction of sp³-hybridized carbons (Fsp3) is 0. The molecule has 0 aliphatic carbocycles. The third-order valence-corrected chi connectivity index (χ3v) is 1.87. The first-order valence-corrected chi connectivity index (χ1v) is 3.64. The highest BCUT2D eigenvalue weighted by Crippen LogP contribution is 2.28. The van der Waals surface area contributed by atoms with E-state index >= 15 is 0 Å². The van der Waals surface area contributed by atoms with E-state index in [0.29, 0.717) is 6.07 Å². The number of benzene rings is 1. The summed E-state index contributed by atoms with van der Waals surface area (Å²) < 4.78 is 25.8. The number of carbonyl (C=O) groups excluding carboxylic acids is 1. The van der Waals surface area contributed by atoms with E-state index < -0.39 is 32.8 Å². The van der Waals surface area contributed by atoms with Crippen LogP contribution in [0.25, 0.3) is 0 Å². The highest BCUT2D eigenvalue weighted by molar-refractivity contribution is 6.33. The Kier molecular flexibility index (Phi) is 2.76. The van der Waals surface area contributed by atoms with Gasteiger partial charge in [0.25, 0.3) is 0 Å². The zero-order valence-electron chi connectivity index (χ0n) is 6.46. The van der Waals surface area contributed by atoms with Gasteiger partial charge in [0.15, 0.2) is 6.29 Å². The number of hydrogen-bond donors (Lipinski definition) is 0. The van der Waals surface area contributed by atoms with Gasteiger partial charge in [-0.3, -0.25) is 14.9 Å². The third kappa shape index (κ3) is 1.56. The number of aldehydes is 1. The van der Waals surface area contributed by atoms with Gasteiger partial charge in [-0.2, -0.15) is 4.39 Å². The molecule has 74 valence electrons. The molecule has 0 saturated heterocycles. The number of nitro groups is 1. The molecule has 0 heterocycles. The first-order chi connectivity index (χ1) is 6.49. The van der Waals surface area contributed by atoms with Crippen molar-refractivity contribution in [1.82, 2.24) is 0 Å². The molecule has 1 aromatic carbocycles. The van der Waals surface area contributed by atoms with Gasteiger partial charge in [0.05, 0.1) is 21.6 Å². The van der Waals surface area contributed by atoms with Gasteiger partial charge >= 0.3 is 5.69 Å². The van der Waals surface area contributed by atoms with E-state index in [1.165, 1.54) is 0 Å². The highest BCUT2D eigenvalue weighted by atomic mass is 35.5. The van der Waals surface area contributed by atoms with Crippen LogP contribution in [0.3, 0.4) is 0 Å². The van der Waals surface area contributed by atoms with Crippen LogP contribution in [0, 0.1) is 21.7 Å². The van der Waals surface area contributed by atoms with E-state index in [-0.39, 0.29) is 6.29 Å². The molecule has 0 bridgehead atoms. The minimum atomic E-state index is -1.43. The quantitative estimate of drug-likeness (QED) is 0.333. The van der Waals surface area contributed by atoms with Crippen LogP contribution in [0.1, 0.15) is 10.4 Å². The van der Waals surface area contributed by atoms with Gasteiger partial charge in [-0.15, -0.1) is 0 Å². The smallest absolute Gasteiger partial charge is 0.298 e. The lowest BCUT2D eigenvalue weighted by Gasteiger charge is -2.00. The fourth-order valence-electron chi connectivity index (χ4n) is 0.846. The van der Waals surface area contributed by atoms with Crippen molar-refractivity contribution >= 4 is 23.6 Å². The lowest BCUT2D eigenvalue weighted by molar-refractivity contribution is -0.387. The Morgan fingerprint density at radius 3 is 2.50 bits per heavy atom. The second-order valence-corrected chi connectivity index (χ2v) is 2.67. The maximum Gasteiger partial charge on any atom is 0.308 e.